The van der Waals surface area contributed by atoms with Crippen LogP contribution in [0.25, 0.3) is 6.08 Å². The summed E-state index contributed by atoms with van der Waals surface area (Å²) in [6.45, 7) is 9.29. The minimum absolute atomic E-state index is 0.105. The van der Waals surface area contributed by atoms with Gasteiger partial charge in [-0.15, -0.1) is 0 Å². The maximum atomic E-state index is 14.0. The lowest BCUT2D eigenvalue weighted by atomic mass is 10.0. The summed E-state index contributed by atoms with van der Waals surface area (Å²) in [6, 6.07) is 5.91. The van der Waals surface area contributed by atoms with Crippen LogP contribution in [-0.4, -0.2) is 18.5 Å². The largest absolute Gasteiger partial charge is 0.461 e. The van der Waals surface area contributed by atoms with E-state index in [9.17, 15) is 14.0 Å². The third-order valence-electron chi connectivity index (χ3n) is 5.69. The van der Waals surface area contributed by atoms with Crippen molar-refractivity contribution in [2.45, 2.75) is 39.7 Å². The second-order valence-electron chi connectivity index (χ2n) is 7.64. The Hall–Kier alpha value is -2.43. The molecule has 0 heterocycles. The second-order valence-corrected chi connectivity index (χ2v) is 7.64. The van der Waals surface area contributed by atoms with E-state index in [1.165, 1.54) is 11.6 Å². The van der Waals surface area contributed by atoms with E-state index >= 15 is 0 Å². The molecule has 4 nitrogen and oxygen atoms in total. The molecule has 0 bridgehead atoms. The number of hydrogen-bond donors (Lipinski definition) is 0. The molecule has 0 aromatic heterocycles. The van der Waals surface area contributed by atoms with Crippen LogP contribution in [0.3, 0.4) is 0 Å². The first-order valence-electron chi connectivity index (χ1n) is 9.30. The summed E-state index contributed by atoms with van der Waals surface area (Å²) in [5.41, 5.74) is 2.80. The molecule has 3 rings (SSSR count). The van der Waals surface area contributed by atoms with Gasteiger partial charge in [-0.05, 0) is 53.9 Å². The van der Waals surface area contributed by atoms with Crippen LogP contribution in [0.5, 0.6) is 0 Å². The summed E-state index contributed by atoms with van der Waals surface area (Å²) >= 11 is 0. The van der Waals surface area contributed by atoms with Crippen molar-refractivity contribution >= 4 is 18.0 Å². The van der Waals surface area contributed by atoms with E-state index in [0.29, 0.717) is 0 Å². The molecule has 1 unspecified atom stereocenters. The van der Waals surface area contributed by atoms with E-state index < -0.39 is 23.1 Å². The molecule has 0 N–H and O–H groups in total. The van der Waals surface area contributed by atoms with Gasteiger partial charge in [-0.1, -0.05) is 44.7 Å². The van der Waals surface area contributed by atoms with Crippen LogP contribution in [0.15, 0.2) is 36.7 Å². The van der Waals surface area contributed by atoms with E-state index in [2.05, 4.69) is 11.3 Å². The number of carbonyl (C=O) groups excluding carboxylic acids is 2. The lowest BCUT2D eigenvalue weighted by Crippen LogP contribution is -2.14. The zero-order valence-electron chi connectivity index (χ0n) is 16.0. The molecule has 0 radical (unpaired) electrons. The van der Waals surface area contributed by atoms with Crippen LogP contribution in [0.1, 0.15) is 50.0 Å². The molecule has 0 spiro atoms. The highest BCUT2D eigenvalue weighted by atomic mass is 19.1. The number of esters is 2. The van der Waals surface area contributed by atoms with Gasteiger partial charge in [0.25, 0.3) is 0 Å². The molecule has 2 aliphatic rings. The summed E-state index contributed by atoms with van der Waals surface area (Å²) in [5, 5.41) is 0. The third-order valence-corrected chi connectivity index (χ3v) is 5.69. The quantitative estimate of drug-likeness (QED) is 0.543. The summed E-state index contributed by atoms with van der Waals surface area (Å²) in [4.78, 5) is 24.2. The molecule has 1 fully saturated rings. The molecule has 144 valence electrons. The van der Waals surface area contributed by atoms with E-state index in [4.69, 9.17) is 4.74 Å². The standard InChI is InChI=1S/C22H25FO4/c1-5-13-8-7-9-15-14(13)10-11-18(15)27-21(25)19-16(22(19,3)4)12-17(23)20(24)26-6-2/h5,7-9,12,16,18-19H,1,6,10-11H2,2-4H3/t16-,18?,19-/m0/s1. The zero-order chi connectivity index (χ0) is 19.8. The number of halogens is 1. The Morgan fingerprint density at radius 1 is 1.37 bits per heavy atom. The van der Waals surface area contributed by atoms with Crippen molar-refractivity contribution in [3.63, 3.8) is 0 Å². The molecule has 1 saturated carbocycles. The van der Waals surface area contributed by atoms with Crippen LogP contribution < -0.4 is 0 Å². The van der Waals surface area contributed by atoms with Gasteiger partial charge in [0.1, 0.15) is 6.10 Å². The van der Waals surface area contributed by atoms with Crippen molar-refractivity contribution in [2.24, 2.45) is 17.3 Å². The smallest absolute Gasteiger partial charge is 0.366 e. The summed E-state index contributed by atoms with van der Waals surface area (Å²) < 4.78 is 24.4. The first kappa shape index (κ1) is 19.3. The summed E-state index contributed by atoms with van der Waals surface area (Å²) in [6.07, 6.45) is 4.29. The van der Waals surface area contributed by atoms with Crippen molar-refractivity contribution in [1.29, 1.82) is 0 Å². The first-order chi connectivity index (χ1) is 12.8. The number of ether oxygens (including phenoxy) is 2. The molecule has 0 aliphatic heterocycles. The number of fused-ring (bicyclic) bond motifs is 1. The second kappa shape index (κ2) is 7.29. The van der Waals surface area contributed by atoms with E-state index in [0.717, 1.165) is 24.0 Å². The summed E-state index contributed by atoms with van der Waals surface area (Å²) in [7, 11) is 0. The fourth-order valence-electron chi connectivity index (χ4n) is 4.04. The highest BCUT2D eigenvalue weighted by molar-refractivity contribution is 5.87. The lowest BCUT2D eigenvalue weighted by Gasteiger charge is -2.14. The predicted octanol–water partition coefficient (Wildman–Crippen LogP) is 4.55. The Labute approximate surface area is 159 Å². The van der Waals surface area contributed by atoms with E-state index in [-0.39, 0.29) is 24.6 Å². The van der Waals surface area contributed by atoms with Gasteiger partial charge in [0.2, 0.25) is 5.83 Å². The highest BCUT2D eigenvalue weighted by Crippen LogP contribution is 2.60. The molecule has 5 heteroatoms. The van der Waals surface area contributed by atoms with Crippen LogP contribution in [0, 0.1) is 17.3 Å². The van der Waals surface area contributed by atoms with Crippen molar-refractivity contribution in [1.82, 2.24) is 0 Å². The summed E-state index contributed by atoms with van der Waals surface area (Å²) in [5.74, 6) is -3.14. The first-order valence-corrected chi connectivity index (χ1v) is 9.30. The Kier molecular flexibility index (Phi) is 5.22. The normalized spacial score (nSPS) is 25.5. The van der Waals surface area contributed by atoms with Gasteiger partial charge in [-0.2, -0.15) is 4.39 Å². The van der Waals surface area contributed by atoms with Gasteiger partial charge in [-0.3, -0.25) is 4.79 Å². The SMILES string of the molecule is C=Cc1cccc2c1CCC2OC(=O)[C@@H]1[C@H](C=C(F)C(=O)OCC)C1(C)C. The Morgan fingerprint density at radius 3 is 2.78 bits per heavy atom. The lowest BCUT2D eigenvalue weighted by molar-refractivity contribution is -0.152. The third kappa shape index (κ3) is 3.55. The molecular weight excluding hydrogens is 347 g/mol. The topological polar surface area (TPSA) is 52.6 Å². The van der Waals surface area contributed by atoms with Crippen molar-refractivity contribution in [3.05, 3.63) is 53.4 Å². The fraction of sp³-hybridized carbons (Fsp3) is 0.455. The zero-order valence-corrected chi connectivity index (χ0v) is 16.0. The number of benzene rings is 1. The average Bonchev–Trinajstić information content (AvgIpc) is 2.97. The number of rotatable bonds is 6. The molecule has 2 aliphatic carbocycles. The monoisotopic (exact) mass is 372 g/mol. The maximum absolute atomic E-state index is 14.0. The van der Waals surface area contributed by atoms with Crippen molar-refractivity contribution in [2.75, 3.05) is 6.61 Å². The average molecular weight is 372 g/mol. The van der Waals surface area contributed by atoms with Crippen LogP contribution in [0.2, 0.25) is 0 Å². The van der Waals surface area contributed by atoms with Crippen molar-refractivity contribution < 1.29 is 23.5 Å². The molecule has 3 atom stereocenters. The minimum atomic E-state index is -0.992. The van der Waals surface area contributed by atoms with Crippen LogP contribution in [0.4, 0.5) is 4.39 Å². The van der Waals surface area contributed by atoms with E-state index in [1.807, 2.05) is 38.1 Å². The molecule has 0 amide bonds. The van der Waals surface area contributed by atoms with E-state index in [1.54, 1.807) is 6.92 Å². The molecule has 1 aromatic rings. The number of allylic oxidation sites excluding steroid dienone is 1. The van der Waals surface area contributed by atoms with Gasteiger partial charge in [-0.25, -0.2) is 4.79 Å². The Morgan fingerprint density at radius 2 is 2.11 bits per heavy atom. The minimum Gasteiger partial charge on any atom is -0.461 e. The Balaban J connectivity index is 1.71. The highest BCUT2D eigenvalue weighted by Gasteiger charge is 2.62. The number of carbonyl (C=O) groups is 2. The maximum Gasteiger partial charge on any atom is 0.366 e. The van der Waals surface area contributed by atoms with Gasteiger partial charge in [0, 0.05) is 0 Å². The van der Waals surface area contributed by atoms with Gasteiger partial charge >= 0.3 is 11.9 Å². The molecule has 0 saturated heterocycles. The predicted molar refractivity (Wildman–Crippen MR) is 100 cm³/mol. The van der Waals surface area contributed by atoms with Gasteiger partial charge < -0.3 is 9.47 Å². The fourth-order valence-corrected chi connectivity index (χ4v) is 4.04. The molecular formula is C22H25FO4. The Bertz CT molecular complexity index is 809. The van der Waals surface area contributed by atoms with Gasteiger partial charge in [0.05, 0.1) is 12.5 Å². The van der Waals surface area contributed by atoms with Gasteiger partial charge in [0.15, 0.2) is 0 Å². The molecule has 1 aromatic carbocycles. The van der Waals surface area contributed by atoms with Crippen LogP contribution in [-0.2, 0) is 25.5 Å². The van der Waals surface area contributed by atoms with Crippen LogP contribution >= 0.6 is 0 Å². The number of hydrogen-bond acceptors (Lipinski definition) is 4. The molecule has 27 heavy (non-hydrogen) atoms. The van der Waals surface area contributed by atoms with Crippen molar-refractivity contribution in [3.8, 4) is 0 Å².